The van der Waals surface area contributed by atoms with E-state index in [2.05, 4.69) is 15.9 Å². The molecule has 1 aromatic rings. The van der Waals surface area contributed by atoms with Gasteiger partial charge in [0.25, 0.3) is 0 Å². The number of benzene rings is 1. The summed E-state index contributed by atoms with van der Waals surface area (Å²) in [5, 5.41) is 8.37. The van der Waals surface area contributed by atoms with Crippen LogP contribution in [0.4, 0.5) is 4.39 Å². The van der Waals surface area contributed by atoms with Gasteiger partial charge in [0.05, 0.1) is 4.47 Å². The van der Waals surface area contributed by atoms with E-state index in [9.17, 15) is 14.0 Å². The van der Waals surface area contributed by atoms with Gasteiger partial charge in [0.15, 0.2) is 0 Å². The fourth-order valence-corrected chi connectivity index (χ4v) is 1.53. The van der Waals surface area contributed by atoms with Crippen LogP contribution < -0.4 is 0 Å². The van der Waals surface area contributed by atoms with Gasteiger partial charge < -0.3 is 5.11 Å². The van der Waals surface area contributed by atoms with E-state index < -0.39 is 24.0 Å². The van der Waals surface area contributed by atoms with Crippen LogP contribution in [0.15, 0.2) is 22.7 Å². The number of ketones is 1. The van der Waals surface area contributed by atoms with Crippen molar-refractivity contribution in [3.63, 3.8) is 0 Å². The molecule has 0 atom stereocenters. The number of hydrogen-bond donors (Lipinski definition) is 1. The summed E-state index contributed by atoms with van der Waals surface area (Å²) in [4.78, 5) is 21.4. The predicted molar refractivity (Wildman–Crippen MR) is 55.1 cm³/mol. The summed E-state index contributed by atoms with van der Waals surface area (Å²) in [5.74, 6) is -1.97. The highest BCUT2D eigenvalue weighted by molar-refractivity contribution is 9.10. The van der Waals surface area contributed by atoms with Gasteiger partial charge in [-0.3, -0.25) is 9.59 Å². The molecule has 0 bridgehead atoms. The van der Waals surface area contributed by atoms with Crippen LogP contribution in [0.25, 0.3) is 0 Å². The minimum Gasteiger partial charge on any atom is -0.481 e. The van der Waals surface area contributed by atoms with E-state index in [-0.39, 0.29) is 10.9 Å². The molecule has 0 radical (unpaired) electrons. The van der Waals surface area contributed by atoms with Crippen molar-refractivity contribution < 1.29 is 19.1 Å². The number of hydrogen-bond acceptors (Lipinski definition) is 2. The van der Waals surface area contributed by atoms with E-state index in [4.69, 9.17) is 5.11 Å². The molecule has 0 aliphatic carbocycles. The van der Waals surface area contributed by atoms with Gasteiger partial charge in [-0.15, -0.1) is 0 Å². The number of aliphatic carboxylic acids is 1. The van der Waals surface area contributed by atoms with Crippen LogP contribution in [0.2, 0.25) is 0 Å². The topological polar surface area (TPSA) is 54.4 Å². The zero-order valence-corrected chi connectivity index (χ0v) is 9.25. The summed E-state index contributed by atoms with van der Waals surface area (Å²) in [6.45, 7) is 0. The van der Waals surface area contributed by atoms with Crippen LogP contribution >= 0.6 is 15.9 Å². The summed E-state index contributed by atoms with van der Waals surface area (Å²) in [6, 6.07) is 4.16. The molecule has 0 spiro atoms. The van der Waals surface area contributed by atoms with Crippen molar-refractivity contribution in [1.29, 1.82) is 0 Å². The Kier molecular flexibility index (Phi) is 3.96. The second-order valence-corrected chi connectivity index (χ2v) is 3.89. The average molecular weight is 275 g/mol. The van der Waals surface area contributed by atoms with E-state index in [1.165, 1.54) is 18.2 Å². The van der Waals surface area contributed by atoms with Gasteiger partial charge in [-0.1, -0.05) is 6.07 Å². The molecule has 1 rings (SSSR count). The fourth-order valence-electron chi connectivity index (χ4n) is 1.11. The lowest BCUT2D eigenvalue weighted by molar-refractivity contribution is -0.140. The van der Waals surface area contributed by atoms with Crippen LogP contribution in [-0.2, 0) is 16.0 Å². The average Bonchev–Trinajstić information content (AvgIpc) is 2.10. The zero-order chi connectivity index (χ0) is 11.4. The Morgan fingerprint density at radius 3 is 2.60 bits per heavy atom. The molecule has 0 aliphatic heterocycles. The Hall–Kier alpha value is -1.23. The quantitative estimate of drug-likeness (QED) is 0.857. The maximum Gasteiger partial charge on any atom is 0.310 e. The van der Waals surface area contributed by atoms with Gasteiger partial charge >= 0.3 is 5.97 Å². The molecular formula is C10H8BrFO3. The molecule has 0 fully saturated rings. The number of Topliss-reactive ketones (excluding diaryl/α,β-unsaturated/α-hetero) is 1. The lowest BCUT2D eigenvalue weighted by atomic mass is 10.1. The van der Waals surface area contributed by atoms with Crippen molar-refractivity contribution in [2.75, 3.05) is 0 Å². The first kappa shape index (κ1) is 11.8. The van der Waals surface area contributed by atoms with Crippen LogP contribution in [0.1, 0.15) is 12.0 Å². The molecule has 3 nitrogen and oxygen atoms in total. The van der Waals surface area contributed by atoms with E-state index in [0.717, 1.165) is 0 Å². The molecule has 0 saturated carbocycles. The summed E-state index contributed by atoms with van der Waals surface area (Å²) in [5.41, 5.74) is 0.592. The Labute approximate surface area is 94.0 Å². The second kappa shape index (κ2) is 5.02. The third-order valence-electron chi connectivity index (χ3n) is 1.73. The third kappa shape index (κ3) is 3.79. The first-order valence-electron chi connectivity index (χ1n) is 4.16. The number of carboxylic acid groups (broad SMARTS) is 1. The van der Waals surface area contributed by atoms with Gasteiger partial charge in [-0.05, 0) is 33.6 Å². The van der Waals surface area contributed by atoms with Crippen molar-refractivity contribution in [2.45, 2.75) is 12.8 Å². The highest BCUT2D eigenvalue weighted by Crippen LogP contribution is 2.17. The first-order chi connectivity index (χ1) is 6.99. The number of carboxylic acids is 1. The Morgan fingerprint density at radius 1 is 1.40 bits per heavy atom. The van der Waals surface area contributed by atoms with E-state index in [1.807, 2.05) is 0 Å². The van der Waals surface area contributed by atoms with E-state index >= 15 is 0 Å². The van der Waals surface area contributed by atoms with Crippen molar-refractivity contribution in [3.05, 3.63) is 34.1 Å². The first-order valence-corrected chi connectivity index (χ1v) is 4.96. The maximum absolute atomic E-state index is 12.8. The Bertz CT molecular complexity index is 404. The monoisotopic (exact) mass is 274 g/mol. The third-order valence-corrected chi connectivity index (χ3v) is 2.34. The van der Waals surface area contributed by atoms with Gasteiger partial charge in [0, 0.05) is 6.42 Å². The van der Waals surface area contributed by atoms with Crippen molar-refractivity contribution in [3.8, 4) is 0 Å². The second-order valence-electron chi connectivity index (χ2n) is 3.03. The molecule has 0 aromatic heterocycles. The van der Waals surface area contributed by atoms with Crippen LogP contribution in [0, 0.1) is 5.82 Å². The standard InChI is InChI=1S/C10H8BrFO3/c11-8-4-6(1-2-9(8)12)3-7(13)5-10(14)15/h1-2,4H,3,5H2,(H,14,15). The molecule has 0 amide bonds. The highest BCUT2D eigenvalue weighted by atomic mass is 79.9. The SMILES string of the molecule is O=C(O)CC(=O)Cc1ccc(F)c(Br)c1. The van der Waals surface area contributed by atoms with Crippen molar-refractivity contribution in [1.82, 2.24) is 0 Å². The lowest BCUT2D eigenvalue weighted by Gasteiger charge is -2.00. The number of rotatable bonds is 4. The molecular weight excluding hydrogens is 267 g/mol. The van der Waals surface area contributed by atoms with Crippen molar-refractivity contribution >= 4 is 27.7 Å². The molecule has 5 heteroatoms. The number of carbonyl (C=O) groups is 2. The van der Waals surface area contributed by atoms with Crippen LogP contribution in [-0.4, -0.2) is 16.9 Å². The van der Waals surface area contributed by atoms with E-state index in [1.54, 1.807) is 0 Å². The molecule has 1 aromatic carbocycles. The van der Waals surface area contributed by atoms with Crippen LogP contribution in [0.5, 0.6) is 0 Å². The Balaban J connectivity index is 2.69. The largest absolute Gasteiger partial charge is 0.481 e. The van der Waals surface area contributed by atoms with Gasteiger partial charge in [0.2, 0.25) is 0 Å². The summed E-state index contributed by atoms with van der Waals surface area (Å²) < 4.78 is 13.1. The molecule has 0 heterocycles. The molecule has 80 valence electrons. The number of halogens is 2. The van der Waals surface area contributed by atoms with Gasteiger partial charge in [-0.2, -0.15) is 0 Å². The smallest absolute Gasteiger partial charge is 0.310 e. The van der Waals surface area contributed by atoms with Crippen LogP contribution in [0.3, 0.4) is 0 Å². The highest BCUT2D eigenvalue weighted by Gasteiger charge is 2.09. The molecule has 15 heavy (non-hydrogen) atoms. The number of carbonyl (C=O) groups excluding carboxylic acids is 1. The molecule has 1 N–H and O–H groups in total. The molecule has 0 unspecified atom stereocenters. The fraction of sp³-hybridized carbons (Fsp3) is 0.200. The molecule has 0 saturated heterocycles. The Morgan fingerprint density at radius 2 is 2.07 bits per heavy atom. The van der Waals surface area contributed by atoms with Crippen molar-refractivity contribution in [2.24, 2.45) is 0 Å². The van der Waals surface area contributed by atoms with Gasteiger partial charge in [-0.25, -0.2) is 4.39 Å². The minimum atomic E-state index is -1.15. The van der Waals surface area contributed by atoms with E-state index in [0.29, 0.717) is 5.56 Å². The summed E-state index contributed by atoms with van der Waals surface area (Å²) >= 11 is 2.98. The summed E-state index contributed by atoms with van der Waals surface area (Å²) in [7, 11) is 0. The predicted octanol–water partition coefficient (Wildman–Crippen LogP) is 2.17. The van der Waals surface area contributed by atoms with Gasteiger partial charge in [0.1, 0.15) is 18.0 Å². The lowest BCUT2D eigenvalue weighted by Crippen LogP contribution is -2.09. The molecule has 0 aliphatic rings. The minimum absolute atomic E-state index is 0.00514. The maximum atomic E-state index is 12.8. The summed E-state index contributed by atoms with van der Waals surface area (Å²) in [6.07, 6.45) is -0.500. The normalized spacial score (nSPS) is 10.0. The zero-order valence-electron chi connectivity index (χ0n) is 7.67.